The molecule has 1 aliphatic heterocycles. The van der Waals surface area contributed by atoms with Gasteiger partial charge in [-0.2, -0.15) is 0 Å². The maximum Gasteiger partial charge on any atom is 0.0955 e. The molecule has 1 aromatic heterocycles. The Morgan fingerprint density at radius 3 is 2.38 bits per heavy atom. The van der Waals surface area contributed by atoms with Gasteiger partial charge in [-0.1, -0.05) is 38.5 Å². The fourth-order valence-electron chi connectivity index (χ4n) is 4.31. The van der Waals surface area contributed by atoms with E-state index >= 15 is 0 Å². The number of anilines is 3. The third-order valence-corrected chi connectivity index (χ3v) is 6.20. The number of para-hydroxylation sites is 2. The summed E-state index contributed by atoms with van der Waals surface area (Å²) in [5, 5.41) is 0. The molecule has 0 saturated carbocycles. The first-order valence-electron chi connectivity index (χ1n) is 11.5. The molecule has 5 heteroatoms. The summed E-state index contributed by atoms with van der Waals surface area (Å²) in [6, 6.07) is 8.08. The molecule has 0 atom stereocenters. The molecule has 170 valence electrons. The van der Waals surface area contributed by atoms with Crippen molar-refractivity contribution in [3.63, 3.8) is 0 Å². The minimum absolute atomic E-state index is 0.821. The standard InChI is InChI=1S/C19H29N3.C8H8N2/c1-6-8-10-22-11-12(3)15(9-7-2)16-18(21)13(4)17(20)14(5)19(16)22;1-10-6-9-7-4-2-3-5-8(7)10/h9,11H,6-8,10,20-21H2,1-5H3;2-6H,1H3. The monoisotopic (exact) mass is 431 g/mol. The first kappa shape index (κ1) is 23.5. The second kappa shape index (κ2) is 9.94. The highest BCUT2D eigenvalue weighted by atomic mass is 15.1. The minimum atomic E-state index is 0.821. The van der Waals surface area contributed by atoms with Crippen LogP contribution in [-0.4, -0.2) is 16.1 Å². The first-order chi connectivity index (χ1) is 15.3. The molecule has 2 aromatic carbocycles. The molecule has 0 unspecified atom stereocenters. The number of imidazole rings is 1. The Morgan fingerprint density at radius 1 is 1.00 bits per heavy atom. The van der Waals surface area contributed by atoms with Crippen molar-refractivity contribution in [2.75, 3.05) is 22.9 Å². The summed E-state index contributed by atoms with van der Waals surface area (Å²) in [5.74, 6) is 0. The lowest BCUT2D eigenvalue weighted by Crippen LogP contribution is -2.25. The van der Waals surface area contributed by atoms with Gasteiger partial charge in [-0.3, -0.25) is 0 Å². The molecule has 3 aromatic rings. The third-order valence-electron chi connectivity index (χ3n) is 6.20. The molecule has 4 N–H and O–H groups in total. The molecule has 0 bridgehead atoms. The summed E-state index contributed by atoms with van der Waals surface area (Å²) in [5.41, 5.74) is 23.7. The van der Waals surface area contributed by atoms with Gasteiger partial charge in [-0.15, -0.1) is 0 Å². The van der Waals surface area contributed by atoms with Crippen LogP contribution in [-0.2, 0) is 7.05 Å². The molecule has 2 heterocycles. The highest BCUT2D eigenvalue weighted by Crippen LogP contribution is 2.46. The topological polar surface area (TPSA) is 73.1 Å². The van der Waals surface area contributed by atoms with Gasteiger partial charge in [0.1, 0.15) is 0 Å². The van der Waals surface area contributed by atoms with Crippen LogP contribution < -0.4 is 16.4 Å². The summed E-state index contributed by atoms with van der Waals surface area (Å²) in [6.07, 6.45) is 9.67. The van der Waals surface area contributed by atoms with Crippen LogP contribution in [0.5, 0.6) is 0 Å². The van der Waals surface area contributed by atoms with E-state index < -0.39 is 0 Å². The number of fused-ring (bicyclic) bond motifs is 2. The number of hydrogen-bond donors (Lipinski definition) is 2. The number of allylic oxidation sites excluding steroid dienone is 3. The molecular weight excluding hydrogens is 394 g/mol. The minimum Gasteiger partial charge on any atom is -0.398 e. The molecule has 0 spiro atoms. The highest BCUT2D eigenvalue weighted by molar-refractivity contribution is 5.99. The van der Waals surface area contributed by atoms with E-state index in [1.165, 1.54) is 34.3 Å². The van der Waals surface area contributed by atoms with E-state index in [0.717, 1.165) is 47.4 Å². The molecule has 5 nitrogen and oxygen atoms in total. The first-order valence-corrected chi connectivity index (χ1v) is 11.5. The van der Waals surface area contributed by atoms with Crippen LogP contribution in [0.4, 0.5) is 17.1 Å². The molecule has 0 aliphatic carbocycles. The normalized spacial score (nSPS) is 14.2. The quantitative estimate of drug-likeness (QED) is 0.472. The SMILES string of the molecule is CCC=C1C(C)=CN(CCCC)c2c(C)c(N)c(C)c(N)c21.Cn1cnc2ccccc21. The van der Waals surface area contributed by atoms with Crippen molar-refractivity contribution < 1.29 is 0 Å². The fraction of sp³-hybridized carbons (Fsp3) is 0.370. The molecule has 0 amide bonds. The number of benzene rings is 2. The Labute approximate surface area is 192 Å². The van der Waals surface area contributed by atoms with Gasteiger partial charge in [0.2, 0.25) is 0 Å². The van der Waals surface area contributed by atoms with Gasteiger partial charge in [-0.05, 0) is 68.0 Å². The van der Waals surface area contributed by atoms with Gasteiger partial charge >= 0.3 is 0 Å². The Balaban J connectivity index is 0.000000238. The lowest BCUT2D eigenvalue weighted by molar-refractivity contribution is 0.777. The van der Waals surface area contributed by atoms with E-state index in [2.05, 4.69) is 55.9 Å². The lowest BCUT2D eigenvalue weighted by Gasteiger charge is -2.34. The number of nitrogens with two attached hydrogens (primary N) is 2. The van der Waals surface area contributed by atoms with Crippen LogP contribution in [0.3, 0.4) is 0 Å². The zero-order chi connectivity index (χ0) is 23.4. The second-order valence-corrected chi connectivity index (χ2v) is 8.53. The van der Waals surface area contributed by atoms with Crippen molar-refractivity contribution in [1.29, 1.82) is 0 Å². The largest absolute Gasteiger partial charge is 0.398 e. The molecule has 32 heavy (non-hydrogen) atoms. The predicted octanol–water partition coefficient (Wildman–Crippen LogP) is 6.36. The van der Waals surface area contributed by atoms with Crippen LogP contribution >= 0.6 is 0 Å². The number of rotatable bonds is 4. The predicted molar refractivity (Wildman–Crippen MR) is 140 cm³/mol. The van der Waals surface area contributed by atoms with Crippen molar-refractivity contribution in [2.24, 2.45) is 7.05 Å². The van der Waals surface area contributed by atoms with Crippen LogP contribution in [0.15, 0.2) is 48.4 Å². The van der Waals surface area contributed by atoms with E-state index in [9.17, 15) is 0 Å². The molecular formula is C27H37N5. The molecule has 1 aliphatic rings. The van der Waals surface area contributed by atoms with Crippen molar-refractivity contribution in [3.05, 3.63) is 65.1 Å². The molecule has 4 rings (SSSR count). The molecule has 0 radical (unpaired) electrons. The van der Waals surface area contributed by atoms with Gasteiger partial charge in [-0.25, -0.2) is 4.98 Å². The van der Waals surface area contributed by atoms with E-state index in [4.69, 9.17) is 11.5 Å². The van der Waals surface area contributed by atoms with Crippen LogP contribution in [0.2, 0.25) is 0 Å². The van der Waals surface area contributed by atoms with Crippen molar-refractivity contribution >= 4 is 33.7 Å². The number of hydrogen-bond acceptors (Lipinski definition) is 4. The summed E-state index contributed by atoms with van der Waals surface area (Å²) in [6.45, 7) is 11.7. The smallest absolute Gasteiger partial charge is 0.0955 e. The fourth-order valence-corrected chi connectivity index (χ4v) is 4.31. The lowest BCUT2D eigenvalue weighted by atomic mass is 9.87. The summed E-state index contributed by atoms with van der Waals surface area (Å²) >= 11 is 0. The van der Waals surface area contributed by atoms with E-state index in [1.54, 1.807) is 0 Å². The van der Waals surface area contributed by atoms with Crippen LogP contribution in [0.25, 0.3) is 16.6 Å². The van der Waals surface area contributed by atoms with E-state index in [-0.39, 0.29) is 0 Å². The number of unbranched alkanes of at least 4 members (excludes halogenated alkanes) is 1. The number of nitrogen functional groups attached to an aromatic ring is 2. The summed E-state index contributed by atoms with van der Waals surface area (Å²) in [4.78, 5) is 6.52. The van der Waals surface area contributed by atoms with Crippen LogP contribution in [0.1, 0.15) is 56.7 Å². The zero-order valence-corrected chi connectivity index (χ0v) is 20.4. The van der Waals surface area contributed by atoms with Gasteiger partial charge < -0.3 is 20.9 Å². The number of nitrogens with zero attached hydrogens (tertiary/aromatic N) is 3. The maximum absolute atomic E-state index is 6.47. The van der Waals surface area contributed by atoms with Gasteiger partial charge in [0.25, 0.3) is 0 Å². The van der Waals surface area contributed by atoms with Gasteiger partial charge in [0, 0.05) is 36.7 Å². The Kier molecular flexibility index (Phi) is 7.29. The van der Waals surface area contributed by atoms with E-state index in [1.807, 2.05) is 43.1 Å². The Morgan fingerprint density at radius 2 is 1.72 bits per heavy atom. The third kappa shape index (κ3) is 4.38. The molecule has 0 fully saturated rings. The summed E-state index contributed by atoms with van der Waals surface area (Å²) in [7, 11) is 2.00. The Hall–Kier alpha value is -3.21. The highest BCUT2D eigenvalue weighted by Gasteiger charge is 2.26. The van der Waals surface area contributed by atoms with E-state index in [0.29, 0.717) is 0 Å². The van der Waals surface area contributed by atoms with Crippen molar-refractivity contribution in [1.82, 2.24) is 9.55 Å². The second-order valence-electron chi connectivity index (χ2n) is 8.53. The zero-order valence-electron chi connectivity index (χ0n) is 20.4. The maximum atomic E-state index is 6.47. The van der Waals surface area contributed by atoms with Crippen LogP contribution in [0, 0.1) is 13.8 Å². The van der Waals surface area contributed by atoms with Gasteiger partial charge in [0.05, 0.1) is 23.0 Å². The number of aryl methyl sites for hydroxylation is 1. The van der Waals surface area contributed by atoms with Crippen molar-refractivity contribution in [2.45, 2.75) is 53.9 Å². The van der Waals surface area contributed by atoms with Gasteiger partial charge in [0.15, 0.2) is 0 Å². The number of aromatic nitrogens is 2. The van der Waals surface area contributed by atoms with Crippen molar-refractivity contribution in [3.8, 4) is 0 Å². The summed E-state index contributed by atoms with van der Waals surface area (Å²) < 4.78 is 2.01. The Bertz CT molecular complexity index is 1170. The average Bonchev–Trinajstić information content (AvgIpc) is 3.17. The molecule has 0 saturated heterocycles. The average molecular weight is 432 g/mol.